The molecule has 2 rings (SSSR count). The van der Waals surface area contributed by atoms with Crippen LogP contribution in [0.25, 0.3) is 0 Å². The summed E-state index contributed by atoms with van der Waals surface area (Å²) in [6.45, 7) is -0.458. The lowest BCUT2D eigenvalue weighted by Crippen LogP contribution is -2.22. The van der Waals surface area contributed by atoms with Crippen LogP contribution in [-0.4, -0.2) is 23.1 Å². The van der Waals surface area contributed by atoms with Gasteiger partial charge in [0.15, 0.2) is 6.61 Å². The summed E-state index contributed by atoms with van der Waals surface area (Å²) in [5, 5.41) is 3.03. The Morgan fingerprint density at radius 1 is 1.27 bits per heavy atom. The molecule has 1 amide bonds. The van der Waals surface area contributed by atoms with E-state index in [4.69, 9.17) is 16.3 Å². The molecule has 0 aliphatic heterocycles. The minimum Gasteiger partial charge on any atom is -0.452 e. The minimum absolute atomic E-state index is 0.0960. The predicted molar refractivity (Wildman–Crippen MR) is 82.0 cm³/mol. The highest BCUT2D eigenvalue weighted by Gasteiger charge is 2.11. The third-order valence-corrected chi connectivity index (χ3v) is 3.02. The van der Waals surface area contributed by atoms with Crippen LogP contribution in [0.2, 0.25) is 5.02 Å². The molecule has 0 radical (unpaired) electrons. The van der Waals surface area contributed by atoms with Gasteiger partial charge in [0.05, 0.1) is 5.56 Å². The fourth-order valence-electron chi connectivity index (χ4n) is 1.65. The van der Waals surface area contributed by atoms with E-state index in [1.807, 2.05) is 0 Å². The number of carbonyl (C=O) groups excluding carboxylic acids is 2. The van der Waals surface area contributed by atoms with E-state index in [1.54, 1.807) is 31.3 Å². The molecule has 7 heteroatoms. The molecule has 22 heavy (non-hydrogen) atoms. The van der Waals surface area contributed by atoms with E-state index in [0.717, 1.165) is 6.07 Å². The van der Waals surface area contributed by atoms with E-state index in [-0.39, 0.29) is 11.1 Å². The molecule has 1 aromatic carbocycles. The molecule has 0 atom stereocenters. The maximum absolute atomic E-state index is 11.7. The van der Waals surface area contributed by atoms with Gasteiger partial charge >= 0.3 is 5.97 Å². The Kier molecular flexibility index (Phi) is 4.95. The van der Waals surface area contributed by atoms with E-state index >= 15 is 0 Å². The Labute approximate surface area is 131 Å². The van der Waals surface area contributed by atoms with Crippen molar-refractivity contribution >= 4 is 29.2 Å². The highest BCUT2D eigenvalue weighted by Crippen LogP contribution is 2.14. The number of hydrogen-bond donors (Lipinski definition) is 1. The second-order valence-electron chi connectivity index (χ2n) is 4.50. The molecule has 0 fully saturated rings. The average molecular weight is 321 g/mol. The van der Waals surface area contributed by atoms with Gasteiger partial charge < -0.3 is 14.6 Å². The van der Waals surface area contributed by atoms with Gasteiger partial charge in [-0.2, -0.15) is 0 Å². The number of benzene rings is 1. The van der Waals surface area contributed by atoms with Gasteiger partial charge in [0, 0.05) is 30.0 Å². The summed E-state index contributed by atoms with van der Waals surface area (Å²) < 4.78 is 6.18. The normalized spacial score (nSPS) is 10.1. The Hall–Kier alpha value is -2.60. The number of nitrogens with zero attached hydrogens (tertiary/aromatic N) is 1. The van der Waals surface area contributed by atoms with Crippen molar-refractivity contribution in [2.24, 2.45) is 7.05 Å². The van der Waals surface area contributed by atoms with E-state index in [9.17, 15) is 14.4 Å². The van der Waals surface area contributed by atoms with Crippen molar-refractivity contribution in [2.45, 2.75) is 0 Å². The quantitative estimate of drug-likeness (QED) is 0.872. The zero-order chi connectivity index (χ0) is 16.1. The number of aryl methyl sites for hydroxylation is 1. The molecule has 1 aromatic heterocycles. The van der Waals surface area contributed by atoms with Gasteiger partial charge in [-0.1, -0.05) is 17.7 Å². The first-order valence-electron chi connectivity index (χ1n) is 6.35. The molecule has 0 aliphatic rings. The fourth-order valence-corrected chi connectivity index (χ4v) is 1.84. The summed E-state index contributed by atoms with van der Waals surface area (Å²) in [6, 6.07) is 9.18. The monoisotopic (exact) mass is 320 g/mol. The molecule has 0 bridgehead atoms. The number of aromatic nitrogens is 1. The molecule has 0 saturated carbocycles. The van der Waals surface area contributed by atoms with Crippen molar-refractivity contribution < 1.29 is 14.3 Å². The number of anilines is 1. The van der Waals surface area contributed by atoms with Crippen LogP contribution in [0.1, 0.15) is 10.4 Å². The summed E-state index contributed by atoms with van der Waals surface area (Å²) in [5.41, 5.74) is 0.263. The number of amides is 1. The van der Waals surface area contributed by atoms with Gasteiger partial charge in [0.1, 0.15) is 0 Å². The molecule has 1 N–H and O–H groups in total. The molecule has 2 aromatic rings. The molecule has 0 saturated heterocycles. The maximum Gasteiger partial charge on any atom is 0.338 e. The van der Waals surface area contributed by atoms with Crippen LogP contribution < -0.4 is 10.9 Å². The van der Waals surface area contributed by atoms with Gasteiger partial charge in [0.2, 0.25) is 0 Å². The van der Waals surface area contributed by atoms with Crippen LogP contribution >= 0.6 is 11.6 Å². The van der Waals surface area contributed by atoms with E-state index < -0.39 is 18.5 Å². The second-order valence-corrected chi connectivity index (χ2v) is 4.94. The molecular weight excluding hydrogens is 308 g/mol. The van der Waals surface area contributed by atoms with Crippen LogP contribution in [0.3, 0.4) is 0 Å². The second kappa shape index (κ2) is 6.91. The largest absolute Gasteiger partial charge is 0.452 e. The number of carbonyl (C=O) groups is 2. The minimum atomic E-state index is -0.737. The molecule has 114 valence electrons. The van der Waals surface area contributed by atoms with Crippen LogP contribution in [0.15, 0.2) is 47.4 Å². The highest BCUT2D eigenvalue weighted by atomic mass is 35.5. The lowest BCUT2D eigenvalue weighted by Gasteiger charge is -2.07. The van der Waals surface area contributed by atoms with Crippen molar-refractivity contribution in [1.29, 1.82) is 0 Å². The zero-order valence-corrected chi connectivity index (χ0v) is 12.5. The molecule has 1 heterocycles. The standard InChI is InChI=1S/C15H13ClN2O4/c1-18-6-5-10(7-14(18)20)15(21)22-9-13(19)17-12-4-2-3-11(16)8-12/h2-8H,9H2,1H3,(H,17,19). The van der Waals surface area contributed by atoms with Gasteiger partial charge in [-0.25, -0.2) is 4.79 Å². The van der Waals surface area contributed by atoms with Gasteiger partial charge in [-0.15, -0.1) is 0 Å². The van der Waals surface area contributed by atoms with E-state index in [2.05, 4.69) is 5.32 Å². The summed E-state index contributed by atoms with van der Waals surface area (Å²) >= 11 is 5.80. The Bertz CT molecular complexity index is 770. The highest BCUT2D eigenvalue weighted by molar-refractivity contribution is 6.30. The smallest absolute Gasteiger partial charge is 0.338 e. The number of nitrogens with one attached hydrogen (secondary N) is 1. The van der Waals surface area contributed by atoms with Crippen molar-refractivity contribution in [1.82, 2.24) is 4.57 Å². The Morgan fingerprint density at radius 2 is 2.05 bits per heavy atom. The lowest BCUT2D eigenvalue weighted by molar-refractivity contribution is -0.119. The topological polar surface area (TPSA) is 77.4 Å². The number of esters is 1. The first-order chi connectivity index (χ1) is 10.5. The number of hydrogen-bond acceptors (Lipinski definition) is 4. The predicted octanol–water partition coefficient (Wildman–Crippen LogP) is 1.83. The summed E-state index contributed by atoms with van der Waals surface area (Å²) in [5.74, 6) is -1.24. The molecular formula is C15H13ClN2O4. The van der Waals surface area contributed by atoms with Crippen molar-refractivity contribution in [2.75, 3.05) is 11.9 Å². The summed E-state index contributed by atoms with van der Waals surface area (Å²) in [6.07, 6.45) is 1.45. The third kappa shape index (κ3) is 4.20. The van der Waals surface area contributed by atoms with Crippen molar-refractivity contribution in [3.05, 3.63) is 63.5 Å². The van der Waals surface area contributed by atoms with Crippen LogP contribution in [-0.2, 0) is 16.6 Å². The molecule has 6 nitrogen and oxygen atoms in total. The zero-order valence-electron chi connectivity index (χ0n) is 11.7. The Balaban J connectivity index is 1.91. The van der Waals surface area contributed by atoms with E-state index in [1.165, 1.54) is 16.8 Å². The van der Waals surface area contributed by atoms with Gasteiger partial charge in [-0.3, -0.25) is 9.59 Å². The maximum atomic E-state index is 11.7. The summed E-state index contributed by atoms with van der Waals surface area (Å²) in [4.78, 5) is 34.8. The number of ether oxygens (including phenoxy) is 1. The SMILES string of the molecule is Cn1ccc(C(=O)OCC(=O)Nc2cccc(Cl)c2)cc1=O. The molecule has 0 spiro atoms. The summed E-state index contributed by atoms with van der Waals surface area (Å²) in [7, 11) is 1.57. The first kappa shape index (κ1) is 15.8. The van der Waals surface area contributed by atoms with Crippen LogP contribution in [0, 0.1) is 0 Å². The third-order valence-electron chi connectivity index (χ3n) is 2.78. The molecule has 0 aliphatic carbocycles. The Morgan fingerprint density at radius 3 is 2.73 bits per heavy atom. The van der Waals surface area contributed by atoms with Crippen LogP contribution in [0.5, 0.6) is 0 Å². The first-order valence-corrected chi connectivity index (χ1v) is 6.73. The molecule has 0 unspecified atom stereocenters. The van der Waals surface area contributed by atoms with Gasteiger partial charge in [0.25, 0.3) is 11.5 Å². The fraction of sp³-hybridized carbons (Fsp3) is 0.133. The number of halogens is 1. The lowest BCUT2D eigenvalue weighted by atomic mass is 10.3. The van der Waals surface area contributed by atoms with Crippen molar-refractivity contribution in [3.8, 4) is 0 Å². The van der Waals surface area contributed by atoms with Crippen LogP contribution in [0.4, 0.5) is 5.69 Å². The van der Waals surface area contributed by atoms with Crippen molar-refractivity contribution in [3.63, 3.8) is 0 Å². The number of rotatable bonds is 4. The number of pyridine rings is 1. The average Bonchev–Trinajstić information content (AvgIpc) is 2.47. The van der Waals surface area contributed by atoms with Gasteiger partial charge in [-0.05, 0) is 24.3 Å². The van der Waals surface area contributed by atoms with E-state index in [0.29, 0.717) is 10.7 Å².